The van der Waals surface area contributed by atoms with Crippen molar-refractivity contribution in [3.63, 3.8) is 0 Å². The number of rotatable bonds is 2. The number of carboxylic acids is 1. The van der Waals surface area contributed by atoms with Gasteiger partial charge in [0.25, 0.3) is 0 Å². The molecule has 2 rings (SSSR count). The van der Waals surface area contributed by atoms with Crippen LogP contribution in [0.15, 0.2) is 30.3 Å². The van der Waals surface area contributed by atoms with Crippen LogP contribution in [-0.4, -0.2) is 23.7 Å². The molecule has 0 unspecified atom stereocenters. The third-order valence-electron chi connectivity index (χ3n) is 2.83. The molecule has 0 bridgehead atoms. The number of carbonyl (C=O) groups is 1. The standard InChI is InChI=1S/C11H13NO2.ClH/c13-11(14)10-6-9(7-12-10)8-4-2-1-3-5-8;/h1-5,9-10,12H,6-7H2,(H,13,14);1H/t9-,10-;/m0./s1. The monoisotopic (exact) mass is 227 g/mol. The van der Waals surface area contributed by atoms with Crippen LogP contribution in [0.1, 0.15) is 17.9 Å². The molecule has 0 saturated carbocycles. The van der Waals surface area contributed by atoms with Gasteiger partial charge in [-0.05, 0) is 5.56 Å². The Bertz CT molecular complexity index is 329. The highest BCUT2D eigenvalue weighted by Crippen LogP contribution is 2.21. The first-order valence-corrected chi connectivity index (χ1v) is 4.88. The lowest BCUT2D eigenvalue weighted by molar-refractivity contribution is -0.659. The molecule has 1 aromatic rings. The zero-order valence-electron chi connectivity index (χ0n) is 8.27. The summed E-state index contributed by atoms with van der Waals surface area (Å²) in [4.78, 5) is 10.7. The Morgan fingerprint density at radius 2 is 2.00 bits per heavy atom. The number of quaternary nitrogens is 1. The maximum absolute atomic E-state index is 10.7. The Hall–Kier alpha value is -1.06. The predicted octanol–water partition coefficient (Wildman–Crippen LogP) is -2.81. The Morgan fingerprint density at radius 1 is 1.33 bits per heavy atom. The van der Waals surface area contributed by atoms with Gasteiger partial charge in [0.05, 0.1) is 6.54 Å². The number of hydrogen-bond acceptors (Lipinski definition) is 1. The van der Waals surface area contributed by atoms with Gasteiger partial charge in [-0.2, -0.15) is 0 Å². The first-order valence-electron chi connectivity index (χ1n) is 4.88. The minimum absolute atomic E-state index is 0. The van der Waals surface area contributed by atoms with Gasteiger partial charge < -0.3 is 22.8 Å². The number of benzene rings is 1. The van der Waals surface area contributed by atoms with E-state index < -0.39 is 5.97 Å². The summed E-state index contributed by atoms with van der Waals surface area (Å²) in [5.41, 5.74) is 1.26. The van der Waals surface area contributed by atoms with Crippen LogP contribution in [0.3, 0.4) is 0 Å². The molecule has 1 heterocycles. The maximum atomic E-state index is 10.7. The van der Waals surface area contributed by atoms with Crippen molar-refractivity contribution in [1.29, 1.82) is 0 Å². The molecule has 15 heavy (non-hydrogen) atoms. The number of halogens is 1. The Morgan fingerprint density at radius 3 is 2.53 bits per heavy atom. The van der Waals surface area contributed by atoms with E-state index in [0.717, 1.165) is 13.0 Å². The van der Waals surface area contributed by atoms with E-state index in [0.29, 0.717) is 5.92 Å². The lowest BCUT2D eigenvalue weighted by atomic mass is 9.96. The molecule has 3 N–H and O–H groups in total. The van der Waals surface area contributed by atoms with Gasteiger partial charge in [0.15, 0.2) is 6.04 Å². The molecule has 0 radical (unpaired) electrons. The quantitative estimate of drug-likeness (QED) is 0.574. The molecule has 0 spiro atoms. The van der Waals surface area contributed by atoms with E-state index in [1.165, 1.54) is 5.56 Å². The molecule has 82 valence electrons. The maximum Gasteiger partial charge on any atom is 0.362 e. The van der Waals surface area contributed by atoms with Crippen molar-refractivity contribution in [2.75, 3.05) is 6.54 Å². The third kappa shape index (κ3) is 2.70. The van der Waals surface area contributed by atoms with Crippen molar-refractivity contribution in [3.8, 4) is 0 Å². The normalized spacial score (nSPS) is 24.5. The van der Waals surface area contributed by atoms with E-state index >= 15 is 0 Å². The first kappa shape index (κ1) is 12.0. The highest BCUT2D eigenvalue weighted by atomic mass is 35.5. The van der Waals surface area contributed by atoms with Crippen LogP contribution in [0, 0.1) is 0 Å². The number of carboxylic acid groups (broad SMARTS) is 1. The van der Waals surface area contributed by atoms with Gasteiger partial charge in [0, 0.05) is 12.3 Å². The first-order chi connectivity index (χ1) is 6.77. The second kappa shape index (κ2) is 5.14. The summed E-state index contributed by atoms with van der Waals surface area (Å²) in [7, 11) is 0. The molecule has 1 saturated heterocycles. The SMILES string of the molecule is O=C(O)[C@@H]1C[C@H](c2ccccc2)C[NH2+]1.[Cl-]. The van der Waals surface area contributed by atoms with Crippen LogP contribution >= 0.6 is 0 Å². The van der Waals surface area contributed by atoms with Crippen molar-refractivity contribution in [2.24, 2.45) is 0 Å². The number of aliphatic carboxylic acids is 1. The van der Waals surface area contributed by atoms with Crippen LogP contribution in [0.25, 0.3) is 0 Å². The molecule has 3 nitrogen and oxygen atoms in total. The summed E-state index contributed by atoms with van der Waals surface area (Å²) in [6, 6.07) is 9.88. The average Bonchev–Trinajstić information content (AvgIpc) is 2.68. The summed E-state index contributed by atoms with van der Waals surface area (Å²) in [6.45, 7) is 0.890. The predicted molar refractivity (Wildman–Crippen MR) is 52.0 cm³/mol. The molecule has 4 heteroatoms. The molecule has 1 fully saturated rings. The highest BCUT2D eigenvalue weighted by Gasteiger charge is 2.33. The second-order valence-electron chi connectivity index (χ2n) is 3.76. The Kier molecular flexibility index (Phi) is 4.12. The number of nitrogens with two attached hydrogens (primary N) is 1. The molecular formula is C11H14ClNO2. The van der Waals surface area contributed by atoms with Gasteiger partial charge in [-0.3, -0.25) is 0 Å². The van der Waals surface area contributed by atoms with E-state index in [2.05, 4.69) is 12.1 Å². The fourth-order valence-electron chi connectivity index (χ4n) is 2.03. The summed E-state index contributed by atoms with van der Waals surface area (Å²) in [6.07, 6.45) is 0.749. The van der Waals surface area contributed by atoms with E-state index in [1.54, 1.807) is 0 Å². The van der Waals surface area contributed by atoms with Gasteiger partial charge in [0.2, 0.25) is 0 Å². The van der Waals surface area contributed by atoms with Crippen LogP contribution in [0.2, 0.25) is 0 Å². The molecule has 1 aliphatic rings. The zero-order valence-corrected chi connectivity index (χ0v) is 9.02. The summed E-state index contributed by atoms with van der Waals surface area (Å²) in [5, 5.41) is 10.8. The smallest absolute Gasteiger partial charge is 0.362 e. The van der Waals surface area contributed by atoms with Crippen molar-refractivity contribution < 1.29 is 27.6 Å². The van der Waals surface area contributed by atoms with E-state index in [9.17, 15) is 4.79 Å². The molecular weight excluding hydrogens is 214 g/mol. The fraction of sp³-hybridized carbons (Fsp3) is 0.364. The van der Waals surface area contributed by atoms with Crippen molar-refractivity contribution in [3.05, 3.63) is 35.9 Å². The van der Waals surface area contributed by atoms with Crippen LogP contribution < -0.4 is 17.7 Å². The summed E-state index contributed by atoms with van der Waals surface area (Å²) >= 11 is 0. The summed E-state index contributed by atoms with van der Waals surface area (Å²) in [5.74, 6) is -0.291. The van der Waals surface area contributed by atoms with Gasteiger partial charge in [-0.1, -0.05) is 30.3 Å². The molecule has 0 amide bonds. The highest BCUT2D eigenvalue weighted by molar-refractivity contribution is 5.72. The van der Waals surface area contributed by atoms with Crippen LogP contribution in [0.5, 0.6) is 0 Å². The zero-order chi connectivity index (χ0) is 9.97. The Balaban J connectivity index is 0.00000112. The van der Waals surface area contributed by atoms with Crippen molar-refractivity contribution >= 4 is 5.97 Å². The van der Waals surface area contributed by atoms with Gasteiger partial charge in [-0.15, -0.1) is 0 Å². The summed E-state index contributed by atoms with van der Waals surface area (Å²) < 4.78 is 0. The molecule has 0 aromatic heterocycles. The van der Waals surface area contributed by atoms with Gasteiger partial charge in [0.1, 0.15) is 0 Å². The fourth-order valence-corrected chi connectivity index (χ4v) is 2.03. The topological polar surface area (TPSA) is 53.9 Å². The van der Waals surface area contributed by atoms with Crippen molar-refractivity contribution in [1.82, 2.24) is 0 Å². The van der Waals surface area contributed by atoms with Gasteiger partial charge >= 0.3 is 5.97 Å². The molecule has 1 aliphatic heterocycles. The van der Waals surface area contributed by atoms with Crippen LogP contribution in [-0.2, 0) is 4.79 Å². The Labute approximate surface area is 94.9 Å². The lowest BCUT2D eigenvalue weighted by Gasteiger charge is -2.04. The van der Waals surface area contributed by atoms with Crippen LogP contribution in [0.4, 0.5) is 0 Å². The minimum atomic E-state index is -0.691. The molecule has 1 aromatic carbocycles. The van der Waals surface area contributed by atoms with Gasteiger partial charge in [-0.25, -0.2) is 4.79 Å². The van der Waals surface area contributed by atoms with E-state index in [-0.39, 0.29) is 18.4 Å². The average molecular weight is 228 g/mol. The van der Waals surface area contributed by atoms with E-state index in [1.807, 2.05) is 23.5 Å². The van der Waals surface area contributed by atoms with Crippen molar-refractivity contribution in [2.45, 2.75) is 18.4 Å². The third-order valence-corrected chi connectivity index (χ3v) is 2.83. The second-order valence-corrected chi connectivity index (χ2v) is 3.76. The largest absolute Gasteiger partial charge is 1.00 e. The lowest BCUT2D eigenvalue weighted by Crippen LogP contribution is -3.00. The molecule has 2 atom stereocenters. The van der Waals surface area contributed by atoms with E-state index in [4.69, 9.17) is 5.11 Å². The minimum Gasteiger partial charge on any atom is -1.00 e. The number of hydrogen-bond donors (Lipinski definition) is 2. The molecule has 0 aliphatic carbocycles.